The number of nitrogens with zero attached hydrogens (tertiary/aromatic N) is 2. The molecule has 0 unspecified atom stereocenters. The number of ether oxygens (including phenoxy) is 1. The fourth-order valence-electron chi connectivity index (χ4n) is 1.75. The van der Waals surface area contributed by atoms with Crippen molar-refractivity contribution in [3.8, 4) is 0 Å². The Hall–Kier alpha value is -2.35. The van der Waals surface area contributed by atoms with Crippen LogP contribution in [0.1, 0.15) is 51.5 Å². The van der Waals surface area contributed by atoms with Crippen LogP contribution in [-0.4, -0.2) is 33.9 Å². The van der Waals surface area contributed by atoms with E-state index in [-0.39, 0.29) is 28.3 Å². The van der Waals surface area contributed by atoms with E-state index in [1.807, 2.05) is 27.7 Å². The van der Waals surface area contributed by atoms with Gasteiger partial charge in [0.15, 0.2) is 22.5 Å². The van der Waals surface area contributed by atoms with Gasteiger partial charge in [0.2, 0.25) is 5.91 Å². The van der Waals surface area contributed by atoms with Crippen LogP contribution in [0.15, 0.2) is 11.8 Å². The number of aromatic nitrogens is 2. The monoisotopic (exact) mass is 369 g/mol. The third kappa shape index (κ3) is 6.96. The van der Waals surface area contributed by atoms with E-state index in [1.54, 1.807) is 0 Å². The van der Waals surface area contributed by atoms with Crippen LogP contribution in [0.2, 0.25) is 5.15 Å². The smallest absolute Gasteiger partial charge is 0.365 e. The summed E-state index contributed by atoms with van der Waals surface area (Å²) in [7, 11) is 0. The van der Waals surface area contributed by atoms with Gasteiger partial charge in [-0.2, -0.15) is 0 Å². The summed E-state index contributed by atoms with van der Waals surface area (Å²) < 4.78 is 5.08. The Bertz CT molecular complexity index is 683. The maximum absolute atomic E-state index is 12.2. The molecule has 1 heterocycles. The predicted octanol–water partition coefficient (Wildman–Crippen LogP) is 2.51. The second-order valence-corrected chi connectivity index (χ2v) is 6.77. The SMILES string of the molecule is CCCNc1nc(N)c(C(=O)O/C(C)=C\C(=O)NC(C)(C)C)nc1Cl. The van der Waals surface area contributed by atoms with E-state index in [1.165, 1.54) is 13.0 Å². The zero-order valence-electron chi connectivity index (χ0n) is 15.1. The third-order valence-corrected chi connectivity index (χ3v) is 2.97. The maximum atomic E-state index is 12.2. The summed E-state index contributed by atoms with van der Waals surface area (Å²) >= 11 is 6.00. The summed E-state index contributed by atoms with van der Waals surface area (Å²) in [5.74, 6) is -0.938. The van der Waals surface area contributed by atoms with E-state index >= 15 is 0 Å². The van der Waals surface area contributed by atoms with Gasteiger partial charge in [0.1, 0.15) is 5.76 Å². The van der Waals surface area contributed by atoms with E-state index in [0.29, 0.717) is 12.4 Å². The minimum atomic E-state index is -0.841. The molecule has 1 aromatic heterocycles. The van der Waals surface area contributed by atoms with Crippen molar-refractivity contribution < 1.29 is 14.3 Å². The Morgan fingerprint density at radius 2 is 1.96 bits per heavy atom. The summed E-state index contributed by atoms with van der Waals surface area (Å²) in [6, 6.07) is 0. The molecule has 0 bridgehead atoms. The van der Waals surface area contributed by atoms with Crippen molar-refractivity contribution >= 4 is 35.1 Å². The van der Waals surface area contributed by atoms with Gasteiger partial charge in [-0.05, 0) is 34.1 Å². The number of nitrogens with one attached hydrogen (secondary N) is 2. The van der Waals surface area contributed by atoms with Crippen LogP contribution in [0.25, 0.3) is 0 Å². The number of nitrogens with two attached hydrogens (primary N) is 1. The van der Waals surface area contributed by atoms with Crippen LogP contribution in [-0.2, 0) is 9.53 Å². The summed E-state index contributed by atoms with van der Waals surface area (Å²) in [5.41, 5.74) is 5.14. The first-order valence-corrected chi connectivity index (χ1v) is 8.20. The van der Waals surface area contributed by atoms with Crippen LogP contribution in [0, 0.1) is 0 Å². The minimum absolute atomic E-state index is 0.0155. The van der Waals surface area contributed by atoms with Crippen LogP contribution < -0.4 is 16.4 Å². The highest BCUT2D eigenvalue weighted by Crippen LogP contribution is 2.21. The Balaban J connectivity index is 2.86. The number of amides is 1. The van der Waals surface area contributed by atoms with Crippen molar-refractivity contribution in [2.75, 3.05) is 17.6 Å². The minimum Gasteiger partial charge on any atom is -0.426 e. The topological polar surface area (TPSA) is 119 Å². The highest BCUT2D eigenvalue weighted by atomic mass is 35.5. The fraction of sp³-hybridized carbons (Fsp3) is 0.500. The zero-order chi connectivity index (χ0) is 19.2. The summed E-state index contributed by atoms with van der Waals surface area (Å²) in [5, 5.41) is 5.69. The van der Waals surface area contributed by atoms with Crippen LogP contribution >= 0.6 is 11.6 Å². The van der Waals surface area contributed by atoms with Crippen molar-refractivity contribution in [1.82, 2.24) is 15.3 Å². The second-order valence-electron chi connectivity index (χ2n) is 6.41. The molecule has 0 atom stereocenters. The fourth-order valence-corrected chi connectivity index (χ4v) is 1.94. The molecule has 8 nitrogen and oxygen atoms in total. The van der Waals surface area contributed by atoms with E-state index in [2.05, 4.69) is 20.6 Å². The van der Waals surface area contributed by atoms with E-state index < -0.39 is 11.5 Å². The van der Waals surface area contributed by atoms with Crippen LogP contribution in [0.4, 0.5) is 11.6 Å². The van der Waals surface area contributed by atoms with Crippen LogP contribution in [0.3, 0.4) is 0 Å². The normalized spacial score (nSPS) is 11.8. The first-order valence-electron chi connectivity index (χ1n) is 7.83. The summed E-state index contributed by atoms with van der Waals surface area (Å²) in [4.78, 5) is 31.9. The molecule has 0 spiro atoms. The molecular formula is C16H24ClN5O3. The lowest BCUT2D eigenvalue weighted by Gasteiger charge is -2.19. The lowest BCUT2D eigenvalue weighted by Crippen LogP contribution is -2.39. The number of carbonyl (C=O) groups is 2. The molecule has 0 aliphatic rings. The standard InChI is InChI=1S/C16H24ClN5O3/c1-6-7-19-14-12(17)20-11(13(18)21-14)15(24)25-9(2)8-10(23)22-16(3,4)5/h8H,6-7H2,1-5H3,(H,22,23)(H3,18,19,21)/b9-8-. The lowest BCUT2D eigenvalue weighted by molar-refractivity contribution is -0.117. The molecule has 9 heteroatoms. The number of allylic oxidation sites excluding steroid dienone is 1. The van der Waals surface area contributed by atoms with Crippen molar-refractivity contribution in [1.29, 1.82) is 0 Å². The van der Waals surface area contributed by atoms with E-state index in [4.69, 9.17) is 22.1 Å². The van der Waals surface area contributed by atoms with Gasteiger partial charge in [-0.1, -0.05) is 18.5 Å². The molecule has 1 aromatic rings. The van der Waals surface area contributed by atoms with Crippen molar-refractivity contribution in [2.45, 2.75) is 46.6 Å². The van der Waals surface area contributed by atoms with Crippen molar-refractivity contribution in [2.24, 2.45) is 0 Å². The van der Waals surface area contributed by atoms with Crippen molar-refractivity contribution in [3.63, 3.8) is 0 Å². The van der Waals surface area contributed by atoms with E-state index in [9.17, 15) is 9.59 Å². The second kappa shape index (κ2) is 8.66. The molecule has 0 saturated carbocycles. The van der Waals surface area contributed by atoms with Gasteiger partial charge < -0.3 is 21.1 Å². The molecular weight excluding hydrogens is 346 g/mol. The van der Waals surface area contributed by atoms with Gasteiger partial charge in [-0.3, -0.25) is 4.79 Å². The van der Waals surface area contributed by atoms with E-state index in [0.717, 1.165) is 6.42 Å². The molecule has 25 heavy (non-hydrogen) atoms. The Labute approximate surface area is 152 Å². The number of halogens is 1. The van der Waals surface area contributed by atoms with Crippen molar-refractivity contribution in [3.05, 3.63) is 22.7 Å². The van der Waals surface area contributed by atoms with Gasteiger partial charge in [0.05, 0.1) is 0 Å². The molecule has 0 aliphatic carbocycles. The predicted molar refractivity (Wildman–Crippen MR) is 97.3 cm³/mol. The Morgan fingerprint density at radius 1 is 1.32 bits per heavy atom. The van der Waals surface area contributed by atoms with Gasteiger partial charge in [-0.15, -0.1) is 0 Å². The summed E-state index contributed by atoms with van der Waals surface area (Å²) in [6.07, 6.45) is 2.04. The Kier molecular flexibility index (Phi) is 7.17. The van der Waals surface area contributed by atoms with Crippen LogP contribution in [0.5, 0.6) is 0 Å². The number of carbonyl (C=O) groups excluding carboxylic acids is 2. The molecule has 1 rings (SSSR count). The van der Waals surface area contributed by atoms with Gasteiger partial charge in [0.25, 0.3) is 0 Å². The lowest BCUT2D eigenvalue weighted by atomic mass is 10.1. The van der Waals surface area contributed by atoms with Gasteiger partial charge in [0, 0.05) is 18.2 Å². The quantitative estimate of drug-likeness (QED) is 0.400. The first kappa shape index (κ1) is 20.7. The molecule has 0 saturated heterocycles. The molecule has 0 aromatic carbocycles. The maximum Gasteiger partial charge on any atom is 0.365 e. The number of hydrogen-bond donors (Lipinski definition) is 3. The molecule has 0 fully saturated rings. The van der Waals surface area contributed by atoms with Gasteiger partial charge >= 0.3 is 5.97 Å². The molecule has 138 valence electrons. The highest BCUT2D eigenvalue weighted by Gasteiger charge is 2.19. The Morgan fingerprint density at radius 3 is 2.52 bits per heavy atom. The number of esters is 1. The number of rotatable bonds is 6. The zero-order valence-corrected chi connectivity index (χ0v) is 15.8. The number of anilines is 2. The molecule has 0 radical (unpaired) electrons. The summed E-state index contributed by atoms with van der Waals surface area (Å²) in [6.45, 7) is 9.62. The molecule has 0 aliphatic heterocycles. The molecule has 1 amide bonds. The highest BCUT2D eigenvalue weighted by molar-refractivity contribution is 6.31. The number of nitrogen functional groups attached to an aromatic ring is 1. The largest absolute Gasteiger partial charge is 0.426 e. The average Bonchev–Trinajstić information content (AvgIpc) is 2.45. The third-order valence-electron chi connectivity index (χ3n) is 2.70. The van der Waals surface area contributed by atoms with Gasteiger partial charge in [-0.25, -0.2) is 14.8 Å². The first-order chi connectivity index (χ1) is 11.5. The molecule has 4 N–H and O–H groups in total. The average molecular weight is 370 g/mol. The number of hydrogen-bond acceptors (Lipinski definition) is 7.